The molecule has 9 nitrogen and oxygen atoms in total. The Balaban J connectivity index is 0.00000274. The molecule has 2 saturated carbocycles. The van der Waals surface area contributed by atoms with Crippen molar-refractivity contribution in [3.63, 3.8) is 0 Å². The SMILES string of the molecule is C[C@]12CC[C@@H]3c4ccc(O[C@@H]5O[C@H](C(=O)[O-])[C@@H](O)C(O)C5O)cc4CC[C@H]3[C@@H]1C[C@@H](O)[C@@H]2O.[Na+]. The molecule has 2 unspecified atom stereocenters. The number of aryl methyl sites for hydroxylation is 1. The van der Waals surface area contributed by atoms with Gasteiger partial charge < -0.3 is 44.9 Å². The first-order valence-electron chi connectivity index (χ1n) is 11.7. The summed E-state index contributed by atoms with van der Waals surface area (Å²) in [5.41, 5.74) is 2.06. The minimum absolute atomic E-state index is 0. The predicted molar refractivity (Wildman–Crippen MR) is 111 cm³/mol. The Bertz CT molecular complexity index is 928. The second kappa shape index (κ2) is 9.61. The van der Waals surface area contributed by atoms with Crippen LogP contribution in [0.4, 0.5) is 0 Å². The fraction of sp³-hybridized carbons (Fsp3) is 0.708. The average Bonchev–Trinajstić information content (AvgIpc) is 3.02. The Labute approximate surface area is 220 Å². The van der Waals surface area contributed by atoms with Gasteiger partial charge in [-0.25, -0.2) is 0 Å². The molecule has 1 aromatic rings. The van der Waals surface area contributed by atoms with Gasteiger partial charge in [0.15, 0.2) is 0 Å². The van der Waals surface area contributed by atoms with Crippen LogP contribution in [-0.2, 0) is 16.0 Å². The van der Waals surface area contributed by atoms with Gasteiger partial charge in [-0.1, -0.05) is 13.0 Å². The molecule has 5 rings (SSSR count). The molecule has 0 spiro atoms. The van der Waals surface area contributed by atoms with Crippen LogP contribution in [0.5, 0.6) is 5.75 Å². The van der Waals surface area contributed by atoms with Gasteiger partial charge in [0, 0.05) is 0 Å². The summed E-state index contributed by atoms with van der Waals surface area (Å²) in [5, 5.41) is 62.1. The van der Waals surface area contributed by atoms with Crippen LogP contribution in [0.3, 0.4) is 0 Å². The number of aliphatic hydroxyl groups is 5. The zero-order chi connectivity index (χ0) is 23.7. The van der Waals surface area contributed by atoms with Gasteiger partial charge >= 0.3 is 29.6 Å². The van der Waals surface area contributed by atoms with Crippen LogP contribution in [0.15, 0.2) is 18.2 Å². The van der Waals surface area contributed by atoms with Crippen molar-refractivity contribution < 1.29 is 74.5 Å². The third kappa shape index (κ3) is 4.13. The quantitative estimate of drug-likeness (QED) is 0.267. The standard InChI is InChI=1S/C24H32O9.Na/c1-24-7-6-13-12-5-3-11(32-23-19(28)17(26)18(27)20(33-23)22(30)31)8-10(12)2-4-14(13)15(24)9-16(25)21(24)29;/h3,5,8,13-21,23,25-29H,2,4,6-7,9H2,1H3,(H,30,31);/q;+1/p-1/t13-,14-,15+,16-,17?,18+,19?,20+,21+,23-,24+;/m1./s1. The Morgan fingerprint density at radius 2 is 1.85 bits per heavy atom. The number of benzene rings is 1. The van der Waals surface area contributed by atoms with Crippen molar-refractivity contribution in [1.29, 1.82) is 0 Å². The molecule has 10 heteroatoms. The van der Waals surface area contributed by atoms with Gasteiger partial charge in [-0.3, -0.25) is 0 Å². The van der Waals surface area contributed by atoms with Crippen LogP contribution in [-0.4, -0.2) is 74.4 Å². The molecule has 11 atom stereocenters. The smallest absolute Gasteiger partial charge is 0.547 e. The van der Waals surface area contributed by atoms with E-state index in [4.69, 9.17) is 9.47 Å². The third-order valence-electron chi connectivity index (χ3n) is 8.73. The van der Waals surface area contributed by atoms with E-state index in [0.29, 0.717) is 24.0 Å². The molecule has 4 aliphatic rings. The van der Waals surface area contributed by atoms with Crippen LogP contribution >= 0.6 is 0 Å². The predicted octanol–water partition coefficient (Wildman–Crippen LogP) is -4.19. The molecule has 0 bridgehead atoms. The summed E-state index contributed by atoms with van der Waals surface area (Å²) in [5.74, 6) is -0.354. The molecule has 3 fully saturated rings. The number of carboxylic acid groups (broad SMARTS) is 1. The van der Waals surface area contributed by atoms with Crippen LogP contribution in [0, 0.1) is 17.3 Å². The molecule has 0 amide bonds. The van der Waals surface area contributed by atoms with Crippen molar-refractivity contribution in [2.45, 2.75) is 87.9 Å². The van der Waals surface area contributed by atoms with Gasteiger partial charge in [-0.15, -0.1) is 0 Å². The summed E-state index contributed by atoms with van der Waals surface area (Å²) in [7, 11) is 0. The van der Waals surface area contributed by atoms with E-state index in [1.54, 1.807) is 6.07 Å². The number of aliphatic carboxylic acids is 1. The maximum Gasteiger partial charge on any atom is 1.00 e. The van der Waals surface area contributed by atoms with Gasteiger partial charge in [-0.2, -0.15) is 0 Å². The van der Waals surface area contributed by atoms with Gasteiger partial charge in [0.25, 0.3) is 0 Å². The zero-order valence-electron chi connectivity index (χ0n) is 19.4. The second-order valence-corrected chi connectivity index (χ2v) is 10.4. The molecule has 1 aromatic carbocycles. The van der Waals surface area contributed by atoms with Gasteiger partial charge in [0.05, 0.1) is 18.2 Å². The summed E-state index contributed by atoms with van der Waals surface area (Å²) in [4.78, 5) is 11.2. The number of ether oxygens (including phenoxy) is 2. The van der Waals surface area contributed by atoms with Crippen LogP contribution < -0.4 is 39.4 Å². The second-order valence-electron chi connectivity index (χ2n) is 10.4. The molecule has 182 valence electrons. The zero-order valence-corrected chi connectivity index (χ0v) is 21.4. The largest absolute Gasteiger partial charge is 1.00 e. The van der Waals surface area contributed by atoms with Crippen molar-refractivity contribution in [1.82, 2.24) is 0 Å². The first-order valence-corrected chi connectivity index (χ1v) is 11.7. The van der Waals surface area contributed by atoms with E-state index in [1.807, 2.05) is 12.1 Å². The van der Waals surface area contributed by atoms with Crippen LogP contribution in [0.25, 0.3) is 0 Å². The molecule has 0 aromatic heterocycles. The Hall–Kier alpha value is -0.750. The van der Waals surface area contributed by atoms with Crippen LogP contribution in [0.2, 0.25) is 0 Å². The van der Waals surface area contributed by atoms with E-state index in [1.165, 1.54) is 5.56 Å². The molecular weight excluding hydrogens is 455 g/mol. The van der Waals surface area contributed by atoms with Gasteiger partial charge in [0.1, 0.15) is 30.2 Å². The fourth-order valence-corrected chi connectivity index (χ4v) is 6.89. The summed E-state index contributed by atoms with van der Waals surface area (Å²) >= 11 is 0. The summed E-state index contributed by atoms with van der Waals surface area (Å²) in [6.45, 7) is 2.10. The van der Waals surface area contributed by atoms with E-state index < -0.39 is 48.9 Å². The number of hydrogen-bond acceptors (Lipinski definition) is 9. The molecule has 1 aliphatic heterocycles. The number of aliphatic hydroxyl groups excluding tert-OH is 5. The summed E-state index contributed by atoms with van der Waals surface area (Å²) in [6.07, 6.45) is -5.72. The third-order valence-corrected chi connectivity index (χ3v) is 8.73. The monoisotopic (exact) mass is 486 g/mol. The Morgan fingerprint density at radius 1 is 1.12 bits per heavy atom. The van der Waals surface area contributed by atoms with E-state index in [0.717, 1.165) is 31.2 Å². The van der Waals surface area contributed by atoms with Crippen molar-refractivity contribution in [3.8, 4) is 5.75 Å². The molecule has 5 N–H and O–H groups in total. The molecule has 1 saturated heterocycles. The maximum atomic E-state index is 11.2. The minimum atomic E-state index is -1.82. The van der Waals surface area contributed by atoms with Crippen molar-refractivity contribution in [2.75, 3.05) is 0 Å². The first-order chi connectivity index (χ1) is 15.6. The van der Waals surface area contributed by atoms with Crippen LogP contribution in [0.1, 0.15) is 49.7 Å². The topological polar surface area (TPSA) is 160 Å². The van der Waals surface area contributed by atoms with E-state index >= 15 is 0 Å². The number of carboxylic acids is 1. The molecule has 1 heterocycles. The normalized spacial score (nSPS) is 45.4. The summed E-state index contributed by atoms with van der Waals surface area (Å²) in [6, 6.07) is 5.55. The van der Waals surface area contributed by atoms with Crippen molar-refractivity contribution >= 4 is 5.97 Å². The van der Waals surface area contributed by atoms with Crippen molar-refractivity contribution in [3.05, 3.63) is 29.3 Å². The molecule has 0 radical (unpaired) electrons. The number of rotatable bonds is 3. The molecular formula is C24H31NaO9. The van der Waals surface area contributed by atoms with E-state index in [-0.39, 0.29) is 40.9 Å². The average molecular weight is 486 g/mol. The first kappa shape index (κ1) is 26.3. The number of carbonyl (C=O) groups is 1. The fourth-order valence-electron chi connectivity index (χ4n) is 6.89. The Kier molecular flexibility index (Phi) is 7.44. The molecule has 3 aliphatic carbocycles. The minimum Gasteiger partial charge on any atom is -0.547 e. The molecule has 34 heavy (non-hydrogen) atoms. The maximum absolute atomic E-state index is 11.2. The van der Waals surface area contributed by atoms with Crippen molar-refractivity contribution in [2.24, 2.45) is 17.3 Å². The number of hydrogen-bond donors (Lipinski definition) is 5. The van der Waals surface area contributed by atoms with Gasteiger partial charge in [0.2, 0.25) is 6.29 Å². The Morgan fingerprint density at radius 3 is 2.56 bits per heavy atom. The number of fused-ring (bicyclic) bond motifs is 5. The van der Waals surface area contributed by atoms with Gasteiger partial charge in [-0.05, 0) is 78.5 Å². The number of carbonyl (C=O) groups excluding carboxylic acids is 1. The van der Waals surface area contributed by atoms with E-state index in [9.17, 15) is 35.4 Å². The van der Waals surface area contributed by atoms with E-state index in [2.05, 4.69) is 6.92 Å². The summed E-state index contributed by atoms with van der Waals surface area (Å²) < 4.78 is 10.8.